The van der Waals surface area contributed by atoms with Gasteiger partial charge in [0.2, 0.25) is 0 Å². The highest BCUT2D eigenvalue weighted by Gasteiger charge is 2.20. The number of nitrogens with two attached hydrogens (primary N) is 1. The summed E-state index contributed by atoms with van der Waals surface area (Å²) in [6, 6.07) is 0. The van der Waals surface area contributed by atoms with Gasteiger partial charge in [0.05, 0.1) is 0 Å². The van der Waals surface area contributed by atoms with E-state index in [2.05, 4.69) is 0 Å². The minimum Gasteiger partial charge on any atom is -0.330 e. The molecule has 0 aromatic carbocycles. The van der Waals surface area contributed by atoms with E-state index in [1.165, 1.54) is 19.3 Å². The first-order chi connectivity index (χ1) is 5.83. The van der Waals surface area contributed by atoms with Gasteiger partial charge < -0.3 is 5.73 Å². The molecule has 1 saturated carbocycles. The van der Waals surface area contributed by atoms with Crippen LogP contribution in [0, 0.1) is 5.92 Å². The molecule has 1 nitrogen and oxygen atoms in total. The molecule has 0 aromatic heterocycles. The summed E-state index contributed by atoms with van der Waals surface area (Å²) in [6.07, 6.45) is 6.91. The van der Waals surface area contributed by atoms with Crippen LogP contribution in [0.25, 0.3) is 0 Å². The van der Waals surface area contributed by atoms with Gasteiger partial charge in [-0.15, -0.1) is 0 Å². The van der Waals surface area contributed by atoms with E-state index in [1.54, 1.807) is 0 Å². The predicted molar refractivity (Wildman–Crippen MR) is 49.8 cm³/mol. The van der Waals surface area contributed by atoms with Crippen LogP contribution in [0.2, 0.25) is 0 Å². The number of hydrogen-bond donors (Lipinski definition) is 1. The summed E-state index contributed by atoms with van der Waals surface area (Å²) in [7, 11) is 0. The van der Waals surface area contributed by atoms with E-state index in [1.807, 2.05) is 0 Å². The highest BCUT2D eigenvalue weighted by molar-refractivity contribution is 4.72. The van der Waals surface area contributed by atoms with Gasteiger partial charge in [-0.25, -0.2) is 4.39 Å². The van der Waals surface area contributed by atoms with Crippen molar-refractivity contribution in [2.24, 2.45) is 11.7 Å². The molecular formula is C10H20FN. The molecular weight excluding hydrogens is 153 g/mol. The Balaban J connectivity index is 2.06. The molecule has 2 unspecified atom stereocenters. The lowest BCUT2D eigenvalue weighted by molar-refractivity contribution is 0.190. The van der Waals surface area contributed by atoms with Crippen molar-refractivity contribution in [3.05, 3.63) is 0 Å². The first kappa shape index (κ1) is 9.97. The molecule has 2 heteroatoms. The van der Waals surface area contributed by atoms with Crippen LogP contribution >= 0.6 is 0 Å². The third kappa shape index (κ3) is 3.53. The standard InChI is InChI=1S/C10H20FN/c11-10-6-3-5-9(8-10)4-1-2-7-12/h9-10H,1-8,12H2. The molecule has 2 N–H and O–H groups in total. The summed E-state index contributed by atoms with van der Waals surface area (Å²) < 4.78 is 12.9. The first-order valence-electron chi connectivity index (χ1n) is 5.17. The monoisotopic (exact) mass is 173 g/mol. The number of alkyl halides is 1. The zero-order valence-electron chi connectivity index (χ0n) is 7.77. The normalized spacial score (nSPS) is 30.5. The lowest BCUT2D eigenvalue weighted by Crippen LogP contribution is -2.16. The number of unbranched alkanes of at least 4 members (excludes halogenated alkanes) is 1. The largest absolute Gasteiger partial charge is 0.330 e. The Morgan fingerprint density at radius 3 is 2.75 bits per heavy atom. The molecule has 12 heavy (non-hydrogen) atoms. The third-order valence-corrected chi connectivity index (χ3v) is 2.79. The molecule has 0 radical (unpaired) electrons. The quantitative estimate of drug-likeness (QED) is 0.650. The second-order valence-corrected chi connectivity index (χ2v) is 3.91. The van der Waals surface area contributed by atoms with Crippen LogP contribution in [0.4, 0.5) is 4.39 Å². The van der Waals surface area contributed by atoms with Crippen molar-refractivity contribution in [3.8, 4) is 0 Å². The van der Waals surface area contributed by atoms with Gasteiger partial charge >= 0.3 is 0 Å². The van der Waals surface area contributed by atoms with E-state index in [9.17, 15) is 4.39 Å². The van der Waals surface area contributed by atoms with Gasteiger partial charge in [-0.3, -0.25) is 0 Å². The van der Waals surface area contributed by atoms with Crippen LogP contribution in [0.5, 0.6) is 0 Å². The molecule has 0 amide bonds. The van der Waals surface area contributed by atoms with E-state index in [4.69, 9.17) is 5.73 Å². The molecule has 0 saturated heterocycles. The Bertz CT molecular complexity index is 116. The lowest BCUT2D eigenvalue weighted by Gasteiger charge is -2.24. The van der Waals surface area contributed by atoms with Crippen LogP contribution < -0.4 is 5.73 Å². The fraction of sp³-hybridized carbons (Fsp3) is 1.00. The Morgan fingerprint density at radius 1 is 1.25 bits per heavy atom. The van der Waals surface area contributed by atoms with Gasteiger partial charge in [0, 0.05) is 0 Å². The van der Waals surface area contributed by atoms with Crippen LogP contribution in [-0.4, -0.2) is 12.7 Å². The molecule has 1 rings (SSSR count). The van der Waals surface area contributed by atoms with Crippen LogP contribution in [0.1, 0.15) is 44.9 Å². The maximum absolute atomic E-state index is 12.9. The predicted octanol–water partition coefficient (Wildman–Crippen LogP) is 2.64. The van der Waals surface area contributed by atoms with E-state index >= 15 is 0 Å². The maximum Gasteiger partial charge on any atom is 0.100 e. The van der Waals surface area contributed by atoms with Gasteiger partial charge in [0.1, 0.15) is 6.17 Å². The molecule has 0 spiro atoms. The van der Waals surface area contributed by atoms with Crippen LogP contribution in [0.15, 0.2) is 0 Å². The van der Waals surface area contributed by atoms with E-state index in [0.717, 1.165) is 32.2 Å². The van der Waals surface area contributed by atoms with Gasteiger partial charge in [-0.2, -0.15) is 0 Å². The Labute approximate surface area is 74.5 Å². The van der Waals surface area contributed by atoms with Crippen LogP contribution in [0.3, 0.4) is 0 Å². The summed E-state index contributed by atoms with van der Waals surface area (Å²) in [5.41, 5.74) is 5.40. The fourth-order valence-corrected chi connectivity index (χ4v) is 2.06. The zero-order valence-corrected chi connectivity index (χ0v) is 7.77. The summed E-state index contributed by atoms with van der Waals surface area (Å²) in [5, 5.41) is 0. The highest BCUT2D eigenvalue weighted by Crippen LogP contribution is 2.29. The van der Waals surface area contributed by atoms with Gasteiger partial charge in [-0.1, -0.05) is 25.7 Å². The van der Waals surface area contributed by atoms with Gasteiger partial charge in [0.25, 0.3) is 0 Å². The number of halogens is 1. The molecule has 72 valence electrons. The summed E-state index contributed by atoms with van der Waals surface area (Å²) in [5.74, 6) is 0.653. The molecule has 1 aliphatic rings. The minimum absolute atomic E-state index is 0.512. The average Bonchev–Trinajstić information content (AvgIpc) is 2.05. The van der Waals surface area contributed by atoms with Crippen molar-refractivity contribution in [1.29, 1.82) is 0 Å². The van der Waals surface area contributed by atoms with Crippen molar-refractivity contribution in [2.45, 2.75) is 51.1 Å². The van der Waals surface area contributed by atoms with Gasteiger partial charge in [-0.05, 0) is 31.7 Å². The summed E-state index contributed by atoms with van der Waals surface area (Å²) >= 11 is 0. The molecule has 0 bridgehead atoms. The lowest BCUT2D eigenvalue weighted by atomic mass is 9.85. The van der Waals surface area contributed by atoms with Crippen molar-refractivity contribution in [3.63, 3.8) is 0 Å². The Morgan fingerprint density at radius 2 is 2.08 bits per heavy atom. The molecule has 0 heterocycles. The van der Waals surface area contributed by atoms with Crippen molar-refractivity contribution < 1.29 is 4.39 Å². The topological polar surface area (TPSA) is 26.0 Å². The van der Waals surface area contributed by atoms with Crippen molar-refractivity contribution >= 4 is 0 Å². The zero-order chi connectivity index (χ0) is 8.81. The highest BCUT2D eigenvalue weighted by atomic mass is 19.1. The Kier molecular flexibility index (Phi) is 4.59. The van der Waals surface area contributed by atoms with E-state index in [-0.39, 0.29) is 0 Å². The van der Waals surface area contributed by atoms with Gasteiger partial charge in [0.15, 0.2) is 0 Å². The SMILES string of the molecule is NCCCCC1CCCC(F)C1. The molecule has 0 aliphatic heterocycles. The van der Waals surface area contributed by atoms with Crippen molar-refractivity contribution in [2.75, 3.05) is 6.54 Å². The maximum atomic E-state index is 12.9. The molecule has 1 aliphatic carbocycles. The molecule has 2 atom stereocenters. The smallest absolute Gasteiger partial charge is 0.100 e. The fourth-order valence-electron chi connectivity index (χ4n) is 2.06. The van der Waals surface area contributed by atoms with E-state index in [0.29, 0.717) is 5.92 Å². The summed E-state index contributed by atoms with van der Waals surface area (Å²) in [6.45, 7) is 0.784. The second-order valence-electron chi connectivity index (χ2n) is 3.91. The Hall–Kier alpha value is -0.110. The van der Waals surface area contributed by atoms with E-state index < -0.39 is 6.17 Å². The minimum atomic E-state index is -0.512. The van der Waals surface area contributed by atoms with Crippen molar-refractivity contribution in [1.82, 2.24) is 0 Å². The van der Waals surface area contributed by atoms with Crippen LogP contribution in [-0.2, 0) is 0 Å². The molecule has 1 fully saturated rings. The third-order valence-electron chi connectivity index (χ3n) is 2.79. The first-order valence-corrected chi connectivity index (χ1v) is 5.17. The number of rotatable bonds is 4. The average molecular weight is 173 g/mol. The molecule has 0 aromatic rings. The second kappa shape index (κ2) is 5.52. The summed E-state index contributed by atoms with van der Waals surface area (Å²) in [4.78, 5) is 0. The number of hydrogen-bond acceptors (Lipinski definition) is 1.